The summed E-state index contributed by atoms with van der Waals surface area (Å²) in [6, 6.07) is 7.54. The molecule has 0 saturated heterocycles. The summed E-state index contributed by atoms with van der Waals surface area (Å²) in [6.07, 6.45) is 0.0898. The van der Waals surface area contributed by atoms with Crippen molar-refractivity contribution in [2.45, 2.75) is 25.9 Å². The quantitative estimate of drug-likeness (QED) is 0.806. The van der Waals surface area contributed by atoms with Crippen LogP contribution < -0.4 is 5.32 Å². The summed E-state index contributed by atoms with van der Waals surface area (Å²) in [6.45, 7) is 1.46. The van der Waals surface area contributed by atoms with Gasteiger partial charge in [-0.05, 0) is 36.6 Å². The maximum atomic E-state index is 13.9. The average molecular weight is 398 g/mol. The second-order valence-electron chi connectivity index (χ2n) is 6.15. The van der Waals surface area contributed by atoms with Crippen LogP contribution in [0.2, 0.25) is 0 Å². The van der Waals surface area contributed by atoms with E-state index in [0.29, 0.717) is 6.07 Å². The molecule has 2 aromatic rings. The maximum Gasteiger partial charge on any atom is 0.243 e. The second-order valence-corrected chi connectivity index (χ2v) is 8.36. The SMILES string of the molecule is CCS(=O)(=O)N1Cc2ccccc2C[C@@H]1C(=O)Nc1ccc(F)c(F)c1F. The fourth-order valence-electron chi connectivity index (χ4n) is 3.02. The van der Waals surface area contributed by atoms with Gasteiger partial charge in [0.05, 0.1) is 11.4 Å². The second kappa shape index (κ2) is 7.32. The number of fused-ring (bicyclic) bond motifs is 1. The summed E-state index contributed by atoms with van der Waals surface area (Å²) in [5, 5.41) is 2.18. The highest BCUT2D eigenvalue weighted by Crippen LogP contribution is 2.28. The molecule has 3 rings (SSSR count). The molecule has 1 heterocycles. The predicted molar refractivity (Wildman–Crippen MR) is 93.9 cm³/mol. The van der Waals surface area contributed by atoms with Crippen molar-refractivity contribution in [2.24, 2.45) is 0 Å². The van der Waals surface area contributed by atoms with E-state index < -0.39 is 45.1 Å². The zero-order chi connectivity index (χ0) is 19.8. The van der Waals surface area contributed by atoms with Gasteiger partial charge in [0.2, 0.25) is 15.9 Å². The molecule has 9 heteroatoms. The van der Waals surface area contributed by atoms with Gasteiger partial charge in [0.1, 0.15) is 6.04 Å². The molecule has 1 aliphatic rings. The van der Waals surface area contributed by atoms with E-state index in [1.54, 1.807) is 24.3 Å². The largest absolute Gasteiger partial charge is 0.322 e. The molecule has 0 unspecified atom stereocenters. The summed E-state index contributed by atoms with van der Waals surface area (Å²) in [7, 11) is -3.73. The summed E-state index contributed by atoms with van der Waals surface area (Å²) in [4.78, 5) is 12.7. The van der Waals surface area contributed by atoms with Gasteiger partial charge in [-0.3, -0.25) is 4.79 Å². The third-order valence-corrected chi connectivity index (χ3v) is 6.35. The van der Waals surface area contributed by atoms with E-state index in [9.17, 15) is 26.4 Å². The third kappa shape index (κ3) is 3.70. The summed E-state index contributed by atoms with van der Waals surface area (Å²) >= 11 is 0. The lowest BCUT2D eigenvalue weighted by molar-refractivity contribution is -0.120. The molecule has 0 fully saturated rings. The minimum atomic E-state index is -3.73. The number of amides is 1. The standard InChI is InChI=1S/C18H17F3N2O3S/c1-2-27(25,26)23-10-12-6-4-3-5-11(12)9-15(23)18(24)22-14-8-7-13(19)16(20)17(14)21/h3-8,15H,2,9-10H2,1H3,(H,22,24)/t15-/m1/s1. The van der Waals surface area contributed by atoms with Crippen molar-refractivity contribution in [1.82, 2.24) is 4.31 Å². The van der Waals surface area contributed by atoms with E-state index in [1.165, 1.54) is 6.92 Å². The number of carbonyl (C=O) groups excluding carboxylic acids is 1. The molecular formula is C18H17F3N2O3S. The van der Waals surface area contributed by atoms with Crippen LogP contribution >= 0.6 is 0 Å². The maximum absolute atomic E-state index is 13.9. The number of carbonyl (C=O) groups is 1. The molecule has 1 aliphatic heterocycles. The van der Waals surface area contributed by atoms with Crippen molar-refractivity contribution < 1.29 is 26.4 Å². The summed E-state index contributed by atoms with van der Waals surface area (Å²) < 4.78 is 66.3. The molecule has 144 valence electrons. The van der Waals surface area contributed by atoms with Crippen molar-refractivity contribution in [3.63, 3.8) is 0 Å². The van der Waals surface area contributed by atoms with Gasteiger partial charge in [0, 0.05) is 6.54 Å². The number of nitrogens with one attached hydrogen (secondary N) is 1. The van der Waals surface area contributed by atoms with Gasteiger partial charge in [0.15, 0.2) is 17.5 Å². The Morgan fingerprint density at radius 2 is 1.78 bits per heavy atom. The van der Waals surface area contributed by atoms with E-state index >= 15 is 0 Å². The van der Waals surface area contributed by atoms with Crippen molar-refractivity contribution in [3.8, 4) is 0 Å². The van der Waals surface area contributed by atoms with E-state index in [0.717, 1.165) is 21.5 Å². The Hall–Kier alpha value is -2.39. The van der Waals surface area contributed by atoms with E-state index in [1.807, 2.05) is 0 Å². The van der Waals surface area contributed by atoms with Gasteiger partial charge in [-0.15, -0.1) is 0 Å². The van der Waals surface area contributed by atoms with Crippen LogP contribution in [-0.4, -0.2) is 30.4 Å². The predicted octanol–water partition coefficient (Wildman–Crippen LogP) is 2.82. The fraction of sp³-hybridized carbons (Fsp3) is 0.278. The minimum absolute atomic E-state index is 0.00466. The highest BCUT2D eigenvalue weighted by atomic mass is 32.2. The zero-order valence-corrected chi connectivity index (χ0v) is 15.2. The Morgan fingerprint density at radius 1 is 1.11 bits per heavy atom. The van der Waals surface area contributed by atoms with Crippen molar-refractivity contribution in [3.05, 3.63) is 65.0 Å². The van der Waals surface area contributed by atoms with Crippen LogP contribution in [-0.2, 0) is 27.8 Å². The molecule has 1 atom stereocenters. The highest BCUT2D eigenvalue weighted by molar-refractivity contribution is 7.89. The number of hydrogen-bond donors (Lipinski definition) is 1. The lowest BCUT2D eigenvalue weighted by Crippen LogP contribution is -2.51. The van der Waals surface area contributed by atoms with Gasteiger partial charge in [-0.25, -0.2) is 21.6 Å². The smallest absolute Gasteiger partial charge is 0.243 e. The molecule has 2 aromatic carbocycles. The Bertz CT molecular complexity index is 995. The van der Waals surface area contributed by atoms with Gasteiger partial charge in [-0.1, -0.05) is 24.3 Å². The number of nitrogens with zero attached hydrogens (tertiary/aromatic N) is 1. The highest BCUT2D eigenvalue weighted by Gasteiger charge is 2.38. The third-order valence-electron chi connectivity index (χ3n) is 4.52. The first-order valence-electron chi connectivity index (χ1n) is 8.25. The average Bonchev–Trinajstić information content (AvgIpc) is 2.67. The Balaban J connectivity index is 1.95. The molecule has 0 saturated carbocycles. The molecular weight excluding hydrogens is 381 g/mol. The first kappa shape index (κ1) is 19.4. The van der Waals surface area contributed by atoms with Crippen LogP contribution in [0, 0.1) is 17.5 Å². The molecule has 0 bridgehead atoms. The van der Waals surface area contributed by atoms with Crippen LogP contribution in [0.25, 0.3) is 0 Å². The van der Waals surface area contributed by atoms with Gasteiger partial charge in [0.25, 0.3) is 0 Å². The zero-order valence-electron chi connectivity index (χ0n) is 14.4. The fourth-order valence-corrected chi connectivity index (χ4v) is 4.24. The monoisotopic (exact) mass is 398 g/mol. The van der Waals surface area contributed by atoms with Crippen molar-refractivity contribution in [2.75, 3.05) is 11.1 Å². The molecule has 0 radical (unpaired) electrons. The Labute approximate surface area is 154 Å². The molecule has 1 amide bonds. The van der Waals surface area contributed by atoms with Gasteiger partial charge in [-0.2, -0.15) is 4.31 Å². The van der Waals surface area contributed by atoms with E-state index in [-0.39, 0.29) is 18.7 Å². The minimum Gasteiger partial charge on any atom is -0.322 e. The first-order chi connectivity index (χ1) is 12.7. The number of halogens is 3. The van der Waals surface area contributed by atoms with Crippen LogP contribution in [0.4, 0.5) is 18.9 Å². The number of benzene rings is 2. The molecule has 0 spiro atoms. The molecule has 27 heavy (non-hydrogen) atoms. The van der Waals surface area contributed by atoms with E-state index in [2.05, 4.69) is 5.32 Å². The van der Waals surface area contributed by atoms with Gasteiger partial charge >= 0.3 is 0 Å². The number of anilines is 1. The van der Waals surface area contributed by atoms with Crippen LogP contribution in [0.3, 0.4) is 0 Å². The summed E-state index contributed by atoms with van der Waals surface area (Å²) in [5.41, 5.74) is 1.02. The Morgan fingerprint density at radius 3 is 2.44 bits per heavy atom. The van der Waals surface area contributed by atoms with Crippen molar-refractivity contribution in [1.29, 1.82) is 0 Å². The Kier molecular flexibility index (Phi) is 5.25. The molecule has 5 nitrogen and oxygen atoms in total. The lowest BCUT2D eigenvalue weighted by atomic mass is 9.95. The summed E-state index contributed by atoms with van der Waals surface area (Å²) in [5.74, 6) is -5.65. The van der Waals surface area contributed by atoms with Crippen LogP contribution in [0.15, 0.2) is 36.4 Å². The normalized spacial score (nSPS) is 17.4. The molecule has 0 aromatic heterocycles. The van der Waals surface area contributed by atoms with Crippen molar-refractivity contribution >= 4 is 21.6 Å². The lowest BCUT2D eigenvalue weighted by Gasteiger charge is -2.34. The number of hydrogen-bond acceptors (Lipinski definition) is 3. The van der Waals surface area contributed by atoms with E-state index in [4.69, 9.17) is 0 Å². The number of rotatable bonds is 4. The first-order valence-corrected chi connectivity index (χ1v) is 9.86. The topological polar surface area (TPSA) is 66.5 Å². The molecule has 1 N–H and O–H groups in total. The van der Waals surface area contributed by atoms with Crippen LogP contribution in [0.1, 0.15) is 18.1 Å². The molecule has 0 aliphatic carbocycles. The van der Waals surface area contributed by atoms with Gasteiger partial charge < -0.3 is 5.32 Å². The number of sulfonamides is 1. The van der Waals surface area contributed by atoms with Crippen LogP contribution in [0.5, 0.6) is 0 Å².